The van der Waals surface area contributed by atoms with Crippen molar-refractivity contribution in [3.63, 3.8) is 0 Å². The Morgan fingerprint density at radius 3 is 2.45 bits per heavy atom. The summed E-state index contributed by atoms with van der Waals surface area (Å²) in [6.45, 7) is 0.367. The Bertz CT molecular complexity index is 612. The number of para-hydroxylation sites is 1. The molecule has 0 radical (unpaired) electrons. The number of rotatable bonds is 3. The third kappa shape index (κ3) is 3.45. The van der Waals surface area contributed by atoms with Crippen LogP contribution < -0.4 is 11.1 Å². The molecule has 0 spiro atoms. The second kappa shape index (κ2) is 5.75. The predicted octanol–water partition coefficient (Wildman–Crippen LogP) is 4.66. The standard InChI is InChI=1S/C14H12BrF3N2/c15-12-6-5-10(7-11(12)14(16,17)18)20-8-9-3-1-2-4-13(9)19/h1-7,20H,8,19H2. The van der Waals surface area contributed by atoms with Crippen LogP contribution in [0.15, 0.2) is 46.9 Å². The zero-order valence-corrected chi connectivity index (χ0v) is 11.9. The van der Waals surface area contributed by atoms with Crippen molar-refractivity contribution in [2.24, 2.45) is 0 Å². The van der Waals surface area contributed by atoms with Crippen LogP contribution in [0.4, 0.5) is 24.5 Å². The van der Waals surface area contributed by atoms with Crippen LogP contribution >= 0.6 is 15.9 Å². The summed E-state index contributed by atoms with van der Waals surface area (Å²) in [5.74, 6) is 0. The normalized spacial score (nSPS) is 11.4. The molecule has 20 heavy (non-hydrogen) atoms. The van der Waals surface area contributed by atoms with Crippen LogP contribution in [0.25, 0.3) is 0 Å². The molecule has 0 aliphatic heterocycles. The van der Waals surface area contributed by atoms with Crippen molar-refractivity contribution in [3.05, 3.63) is 58.1 Å². The van der Waals surface area contributed by atoms with E-state index in [1.165, 1.54) is 6.07 Å². The summed E-state index contributed by atoms with van der Waals surface area (Å²) in [5, 5.41) is 2.94. The zero-order chi connectivity index (χ0) is 14.8. The average molecular weight is 345 g/mol. The van der Waals surface area contributed by atoms with Gasteiger partial charge in [0, 0.05) is 22.4 Å². The van der Waals surface area contributed by atoms with E-state index in [0.717, 1.165) is 11.6 Å². The van der Waals surface area contributed by atoms with E-state index in [1.807, 2.05) is 12.1 Å². The maximum atomic E-state index is 12.8. The van der Waals surface area contributed by atoms with E-state index in [4.69, 9.17) is 5.73 Å². The lowest BCUT2D eigenvalue weighted by atomic mass is 10.1. The number of hydrogen-bond donors (Lipinski definition) is 2. The van der Waals surface area contributed by atoms with Gasteiger partial charge in [-0.25, -0.2) is 0 Å². The molecular formula is C14H12BrF3N2. The summed E-state index contributed by atoms with van der Waals surface area (Å²) in [6.07, 6.45) is -4.39. The van der Waals surface area contributed by atoms with E-state index in [2.05, 4.69) is 21.2 Å². The minimum absolute atomic E-state index is 0.0229. The Morgan fingerprint density at radius 2 is 1.80 bits per heavy atom. The summed E-state index contributed by atoms with van der Waals surface area (Å²) in [6, 6.07) is 11.2. The molecule has 2 nitrogen and oxygen atoms in total. The van der Waals surface area contributed by atoms with E-state index >= 15 is 0 Å². The van der Waals surface area contributed by atoms with Gasteiger partial charge in [-0.1, -0.05) is 34.1 Å². The molecule has 0 unspecified atom stereocenters. The van der Waals surface area contributed by atoms with Crippen LogP contribution in [0, 0.1) is 0 Å². The second-order valence-corrected chi connectivity index (χ2v) is 5.10. The summed E-state index contributed by atoms with van der Waals surface area (Å²) in [4.78, 5) is 0. The summed E-state index contributed by atoms with van der Waals surface area (Å²) >= 11 is 2.91. The number of halogens is 4. The average Bonchev–Trinajstić information content (AvgIpc) is 2.38. The van der Waals surface area contributed by atoms with E-state index in [-0.39, 0.29) is 4.47 Å². The number of alkyl halides is 3. The van der Waals surface area contributed by atoms with Gasteiger partial charge in [0.25, 0.3) is 0 Å². The quantitative estimate of drug-likeness (QED) is 0.794. The number of hydrogen-bond acceptors (Lipinski definition) is 2. The molecule has 3 N–H and O–H groups in total. The molecule has 6 heteroatoms. The molecule has 0 amide bonds. The van der Waals surface area contributed by atoms with E-state index in [1.54, 1.807) is 18.2 Å². The van der Waals surface area contributed by atoms with E-state index in [0.29, 0.717) is 17.9 Å². The van der Waals surface area contributed by atoms with Gasteiger partial charge >= 0.3 is 6.18 Å². The van der Waals surface area contributed by atoms with Gasteiger partial charge in [-0.05, 0) is 29.8 Å². The van der Waals surface area contributed by atoms with Gasteiger partial charge in [-0.3, -0.25) is 0 Å². The first-order chi connectivity index (χ1) is 9.38. The van der Waals surface area contributed by atoms with Crippen molar-refractivity contribution < 1.29 is 13.2 Å². The third-order valence-electron chi connectivity index (χ3n) is 2.81. The fraction of sp³-hybridized carbons (Fsp3) is 0.143. The van der Waals surface area contributed by atoms with Crippen LogP contribution in [0.5, 0.6) is 0 Å². The lowest BCUT2D eigenvalue weighted by molar-refractivity contribution is -0.138. The van der Waals surface area contributed by atoms with Gasteiger partial charge in [-0.2, -0.15) is 13.2 Å². The summed E-state index contributed by atoms with van der Waals surface area (Å²) in [5.41, 5.74) is 6.91. The second-order valence-electron chi connectivity index (χ2n) is 4.24. The van der Waals surface area contributed by atoms with Crippen LogP contribution in [-0.4, -0.2) is 0 Å². The molecule has 0 heterocycles. The van der Waals surface area contributed by atoms with Crippen molar-refractivity contribution in [1.82, 2.24) is 0 Å². The molecular weight excluding hydrogens is 333 g/mol. The van der Waals surface area contributed by atoms with Crippen LogP contribution in [-0.2, 0) is 12.7 Å². The van der Waals surface area contributed by atoms with Crippen molar-refractivity contribution in [2.45, 2.75) is 12.7 Å². The predicted molar refractivity (Wildman–Crippen MR) is 77.3 cm³/mol. The molecule has 0 atom stereocenters. The minimum Gasteiger partial charge on any atom is -0.398 e. The van der Waals surface area contributed by atoms with Gasteiger partial charge < -0.3 is 11.1 Å². The van der Waals surface area contributed by atoms with Gasteiger partial charge in [0.2, 0.25) is 0 Å². The topological polar surface area (TPSA) is 38.0 Å². The molecule has 0 aromatic heterocycles. The Balaban J connectivity index is 2.17. The number of benzene rings is 2. The van der Waals surface area contributed by atoms with Crippen molar-refractivity contribution in [3.8, 4) is 0 Å². The number of anilines is 2. The van der Waals surface area contributed by atoms with Crippen LogP contribution in [0.2, 0.25) is 0 Å². The Morgan fingerprint density at radius 1 is 1.10 bits per heavy atom. The monoisotopic (exact) mass is 344 g/mol. The lowest BCUT2D eigenvalue weighted by Crippen LogP contribution is -2.08. The maximum absolute atomic E-state index is 12.8. The Hall–Kier alpha value is -1.69. The molecule has 0 bridgehead atoms. The first-order valence-corrected chi connectivity index (χ1v) is 6.61. The molecule has 0 aliphatic carbocycles. The van der Waals surface area contributed by atoms with Crippen LogP contribution in [0.3, 0.4) is 0 Å². The van der Waals surface area contributed by atoms with Crippen LogP contribution in [0.1, 0.15) is 11.1 Å². The van der Waals surface area contributed by atoms with Crippen molar-refractivity contribution in [2.75, 3.05) is 11.1 Å². The first kappa shape index (κ1) is 14.7. The smallest absolute Gasteiger partial charge is 0.398 e. The summed E-state index contributed by atoms with van der Waals surface area (Å²) < 4.78 is 38.4. The molecule has 0 fully saturated rings. The van der Waals surface area contributed by atoms with Gasteiger partial charge in [0.15, 0.2) is 0 Å². The Labute approximate surface area is 122 Å². The molecule has 0 aliphatic rings. The number of nitrogens with two attached hydrogens (primary N) is 1. The van der Waals surface area contributed by atoms with Crippen molar-refractivity contribution in [1.29, 1.82) is 0 Å². The summed E-state index contributed by atoms with van der Waals surface area (Å²) in [7, 11) is 0. The third-order valence-corrected chi connectivity index (χ3v) is 3.50. The van der Waals surface area contributed by atoms with E-state index < -0.39 is 11.7 Å². The largest absolute Gasteiger partial charge is 0.417 e. The minimum atomic E-state index is -4.39. The highest BCUT2D eigenvalue weighted by Gasteiger charge is 2.33. The first-order valence-electron chi connectivity index (χ1n) is 5.82. The maximum Gasteiger partial charge on any atom is 0.417 e. The SMILES string of the molecule is Nc1ccccc1CNc1ccc(Br)c(C(F)(F)F)c1. The van der Waals surface area contributed by atoms with Gasteiger partial charge in [-0.15, -0.1) is 0 Å². The van der Waals surface area contributed by atoms with Crippen molar-refractivity contribution >= 4 is 27.3 Å². The fourth-order valence-corrected chi connectivity index (χ4v) is 2.22. The molecule has 2 aromatic rings. The fourth-order valence-electron chi connectivity index (χ4n) is 1.74. The van der Waals surface area contributed by atoms with Gasteiger partial charge in [0.05, 0.1) is 5.56 Å². The molecule has 0 saturated heterocycles. The Kier molecular flexibility index (Phi) is 4.23. The number of nitrogens with one attached hydrogen (secondary N) is 1. The molecule has 2 rings (SSSR count). The number of nitrogen functional groups attached to an aromatic ring is 1. The van der Waals surface area contributed by atoms with Gasteiger partial charge in [0.1, 0.15) is 0 Å². The molecule has 106 valence electrons. The van der Waals surface area contributed by atoms with E-state index in [9.17, 15) is 13.2 Å². The molecule has 0 saturated carbocycles. The molecule has 2 aromatic carbocycles. The lowest BCUT2D eigenvalue weighted by Gasteiger charge is -2.13. The zero-order valence-electron chi connectivity index (χ0n) is 10.3. The highest BCUT2D eigenvalue weighted by Crippen LogP contribution is 2.36. The highest BCUT2D eigenvalue weighted by molar-refractivity contribution is 9.10. The highest BCUT2D eigenvalue weighted by atomic mass is 79.9.